The van der Waals surface area contributed by atoms with E-state index < -0.39 is 0 Å². The van der Waals surface area contributed by atoms with Gasteiger partial charge in [-0.3, -0.25) is 4.57 Å². The van der Waals surface area contributed by atoms with E-state index >= 15 is 0 Å². The van der Waals surface area contributed by atoms with Crippen LogP contribution in [0.25, 0.3) is 121 Å². The molecule has 288 valence electrons. The zero-order valence-electron chi connectivity index (χ0n) is 33.4. The third kappa shape index (κ3) is 5.12. The van der Waals surface area contributed by atoms with Crippen LogP contribution in [0.15, 0.2) is 212 Å². The van der Waals surface area contributed by atoms with E-state index in [1.165, 1.54) is 37.7 Å². The van der Waals surface area contributed by atoms with Crippen molar-refractivity contribution in [1.29, 1.82) is 0 Å². The predicted molar refractivity (Wildman–Crippen MR) is 257 cm³/mol. The maximum atomic E-state index is 5.48. The summed E-state index contributed by atoms with van der Waals surface area (Å²) in [4.78, 5) is 16.1. The number of hydrogen-bond donors (Lipinski definition) is 0. The number of fused-ring (bicyclic) bond motifs is 13. The Hall–Kier alpha value is -8.41. The van der Waals surface area contributed by atoms with Crippen molar-refractivity contribution < 1.29 is 0 Å². The van der Waals surface area contributed by atoms with Gasteiger partial charge in [0.05, 0.1) is 27.8 Å². The second-order valence-electron chi connectivity index (χ2n) is 15.9. The van der Waals surface area contributed by atoms with Crippen LogP contribution in [0.5, 0.6) is 0 Å². The quantitative estimate of drug-likeness (QED) is 0.163. The third-order valence-corrected chi connectivity index (χ3v) is 12.6. The minimum Gasteiger partial charge on any atom is -0.307 e. The Labute approximate surface area is 356 Å². The summed E-state index contributed by atoms with van der Waals surface area (Å²) in [6, 6.07) is 75.6. The lowest BCUT2D eigenvalue weighted by Crippen LogP contribution is -2.07. The predicted octanol–water partition coefficient (Wildman–Crippen LogP) is 14.5. The van der Waals surface area contributed by atoms with Gasteiger partial charge >= 0.3 is 0 Å². The Kier molecular flexibility index (Phi) is 7.54. The van der Waals surface area contributed by atoms with Crippen LogP contribution in [0.3, 0.4) is 0 Å². The van der Waals surface area contributed by atoms with Crippen LogP contribution in [0, 0.1) is 0 Å². The van der Waals surface area contributed by atoms with Gasteiger partial charge in [-0.2, -0.15) is 9.97 Å². The van der Waals surface area contributed by atoms with Gasteiger partial charge in [0.15, 0.2) is 11.6 Å². The van der Waals surface area contributed by atoms with Crippen molar-refractivity contribution in [2.24, 2.45) is 0 Å². The summed E-state index contributed by atoms with van der Waals surface area (Å²) < 4.78 is 4.72. The smallest absolute Gasteiger partial charge is 0.238 e. The monoisotopic (exact) mass is 789 g/mol. The molecule has 0 saturated carbocycles. The molecular weight excluding hydrogens is 755 g/mol. The average Bonchev–Trinajstić information content (AvgIpc) is 3.87. The molecule has 10 aromatic carbocycles. The molecule has 0 aliphatic carbocycles. The summed E-state index contributed by atoms with van der Waals surface area (Å²) in [5.41, 5.74) is 9.55. The second kappa shape index (κ2) is 13.6. The summed E-state index contributed by atoms with van der Waals surface area (Å²) in [6.45, 7) is 0. The molecule has 62 heavy (non-hydrogen) atoms. The fourth-order valence-corrected chi connectivity index (χ4v) is 9.85. The molecule has 0 aliphatic rings. The van der Waals surface area contributed by atoms with E-state index in [1.54, 1.807) is 0 Å². The normalized spacial score (nSPS) is 11.9. The highest BCUT2D eigenvalue weighted by Gasteiger charge is 2.24. The van der Waals surface area contributed by atoms with Crippen molar-refractivity contribution in [3.8, 4) is 45.5 Å². The molecule has 0 amide bonds. The van der Waals surface area contributed by atoms with Crippen molar-refractivity contribution in [2.45, 2.75) is 0 Å². The number of hydrogen-bond acceptors (Lipinski definition) is 3. The van der Waals surface area contributed by atoms with Gasteiger partial charge in [0.2, 0.25) is 5.95 Å². The number of rotatable bonds is 5. The molecule has 0 bridgehead atoms. The first-order valence-corrected chi connectivity index (χ1v) is 21.0. The van der Waals surface area contributed by atoms with E-state index in [4.69, 9.17) is 15.0 Å². The van der Waals surface area contributed by atoms with E-state index in [-0.39, 0.29) is 0 Å². The summed E-state index contributed by atoms with van der Waals surface area (Å²) in [7, 11) is 0. The lowest BCUT2D eigenvalue weighted by Gasteiger charge is -2.16. The van der Waals surface area contributed by atoms with E-state index in [1.807, 2.05) is 18.2 Å². The first-order chi connectivity index (χ1) is 30.8. The highest BCUT2D eigenvalue weighted by molar-refractivity contribution is 6.26. The SMILES string of the molecule is c1ccc(-c2nc(-c3ccc4c5ccccc5c5ccccc5c4c3)nc(-n3c4ccccc4c4ccc5c6ccccc6n(-c6ccccc6-c6ccccc6)c5c43)n2)cc1. The summed E-state index contributed by atoms with van der Waals surface area (Å²) in [6.07, 6.45) is 0. The van der Waals surface area contributed by atoms with Gasteiger partial charge in [-0.15, -0.1) is 0 Å². The molecule has 3 aromatic heterocycles. The second-order valence-corrected chi connectivity index (χ2v) is 15.9. The summed E-state index contributed by atoms with van der Waals surface area (Å²) in [5.74, 6) is 1.78. The molecular formula is C57H35N5. The van der Waals surface area contributed by atoms with Crippen LogP contribution < -0.4 is 0 Å². The van der Waals surface area contributed by atoms with Crippen molar-refractivity contribution in [2.75, 3.05) is 0 Å². The van der Waals surface area contributed by atoms with Crippen LogP contribution in [-0.2, 0) is 0 Å². The first-order valence-electron chi connectivity index (χ1n) is 21.0. The van der Waals surface area contributed by atoms with Gasteiger partial charge in [-0.05, 0) is 62.1 Å². The van der Waals surface area contributed by atoms with Crippen LogP contribution >= 0.6 is 0 Å². The van der Waals surface area contributed by atoms with E-state index in [2.05, 4.69) is 203 Å². The molecule has 5 heteroatoms. The molecule has 0 atom stereocenters. The minimum absolute atomic E-state index is 0.559. The topological polar surface area (TPSA) is 48.5 Å². The molecule has 3 heterocycles. The Balaban J connectivity index is 1.15. The molecule has 0 radical (unpaired) electrons. The van der Waals surface area contributed by atoms with Crippen LogP contribution in [0.2, 0.25) is 0 Å². The maximum absolute atomic E-state index is 5.48. The molecule has 0 saturated heterocycles. The zero-order chi connectivity index (χ0) is 40.7. The Morgan fingerprint density at radius 2 is 0.710 bits per heavy atom. The number of benzene rings is 10. The van der Waals surface area contributed by atoms with E-state index in [0.717, 1.165) is 66.2 Å². The molecule has 0 unspecified atom stereocenters. The van der Waals surface area contributed by atoms with Crippen LogP contribution in [0.4, 0.5) is 0 Å². The Morgan fingerprint density at radius 1 is 0.274 bits per heavy atom. The maximum Gasteiger partial charge on any atom is 0.238 e. The number of aromatic nitrogens is 5. The highest BCUT2D eigenvalue weighted by atomic mass is 15.2. The number of para-hydroxylation sites is 3. The van der Waals surface area contributed by atoms with Crippen LogP contribution in [-0.4, -0.2) is 24.1 Å². The fraction of sp³-hybridized carbons (Fsp3) is 0. The molecule has 0 fully saturated rings. The van der Waals surface area contributed by atoms with Gasteiger partial charge in [0.25, 0.3) is 0 Å². The van der Waals surface area contributed by atoms with Gasteiger partial charge in [-0.25, -0.2) is 4.98 Å². The summed E-state index contributed by atoms with van der Waals surface area (Å²) in [5, 5.41) is 11.9. The van der Waals surface area contributed by atoms with Crippen molar-refractivity contribution >= 4 is 75.9 Å². The van der Waals surface area contributed by atoms with E-state index in [0.29, 0.717) is 17.6 Å². The van der Waals surface area contributed by atoms with Gasteiger partial charge in [-0.1, -0.05) is 188 Å². The number of nitrogens with zero attached hydrogens (tertiary/aromatic N) is 5. The highest BCUT2D eigenvalue weighted by Crippen LogP contribution is 2.43. The summed E-state index contributed by atoms with van der Waals surface area (Å²) >= 11 is 0. The molecule has 13 aromatic rings. The minimum atomic E-state index is 0.559. The standard InChI is InChI=1S/C57H35N5/c1-3-17-36(18-4-1)39-21-11-14-28-50(39)61-51-29-15-12-26-45(51)47-33-34-48-46-27-13-16-30-52(46)62(54(48)53(47)61)57-59-55(37-19-5-2-6-20-37)58-56(60-57)38-31-32-44-42-24-8-7-22-40(42)41-23-9-10-25-43(41)49(44)35-38/h1-35H. The van der Waals surface area contributed by atoms with Gasteiger partial charge in [0, 0.05) is 38.2 Å². The lowest BCUT2D eigenvalue weighted by atomic mass is 9.93. The van der Waals surface area contributed by atoms with Crippen LogP contribution in [0.1, 0.15) is 0 Å². The first kappa shape index (κ1) is 34.5. The molecule has 0 spiro atoms. The van der Waals surface area contributed by atoms with Gasteiger partial charge in [0.1, 0.15) is 0 Å². The van der Waals surface area contributed by atoms with Crippen molar-refractivity contribution in [1.82, 2.24) is 24.1 Å². The third-order valence-electron chi connectivity index (χ3n) is 12.6. The van der Waals surface area contributed by atoms with Crippen molar-refractivity contribution in [3.63, 3.8) is 0 Å². The van der Waals surface area contributed by atoms with E-state index in [9.17, 15) is 0 Å². The molecule has 0 N–H and O–H groups in total. The fourth-order valence-electron chi connectivity index (χ4n) is 9.85. The Morgan fingerprint density at radius 3 is 1.34 bits per heavy atom. The largest absolute Gasteiger partial charge is 0.307 e. The molecule has 5 nitrogen and oxygen atoms in total. The lowest BCUT2D eigenvalue weighted by molar-refractivity contribution is 0.953. The zero-order valence-corrected chi connectivity index (χ0v) is 33.4. The van der Waals surface area contributed by atoms with Gasteiger partial charge < -0.3 is 4.57 Å². The Bertz CT molecular complexity index is 3880. The van der Waals surface area contributed by atoms with Crippen molar-refractivity contribution in [3.05, 3.63) is 212 Å². The average molecular weight is 790 g/mol. The molecule has 0 aliphatic heterocycles. The molecule has 13 rings (SSSR count).